The highest BCUT2D eigenvalue weighted by Crippen LogP contribution is 2.42. The van der Waals surface area contributed by atoms with Gasteiger partial charge in [0.1, 0.15) is 5.82 Å². The van der Waals surface area contributed by atoms with Crippen LogP contribution in [0, 0.1) is 17.1 Å². The maximum Gasteiger partial charge on any atom is 0.470 e. The number of benzene rings is 2. The molecule has 0 heterocycles. The summed E-state index contributed by atoms with van der Waals surface area (Å²) in [6.45, 7) is 0.886. The summed E-state index contributed by atoms with van der Waals surface area (Å²) in [6.07, 6.45) is -4.92. The molecule has 2 atom stereocenters. The highest BCUT2D eigenvalue weighted by Gasteiger charge is 2.43. The largest absolute Gasteiger partial charge is 0.470 e. The third-order valence-corrected chi connectivity index (χ3v) is 6.24. The van der Waals surface area contributed by atoms with Crippen molar-refractivity contribution in [2.75, 3.05) is 11.1 Å². The third kappa shape index (κ3) is 6.69. The van der Waals surface area contributed by atoms with Crippen LogP contribution >= 0.6 is 7.82 Å². The molecule has 2 rings (SSSR count). The molecule has 0 saturated heterocycles. The van der Waals surface area contributed by atoms with E-state index in [0.29, 0.717) is 6.07 Å². The fraction of sp³-hybridized carbons (Fsp3) is 0.222. The Morgan fingerprint density at radius 3 is 2.31 bits per heavy atom. The number of carbonyl (C=O) groups is 1. The first-order chi connectivity index (χ1) is 14.6. The zero-order valence-corrected chi connectivity index (χ0v) is 17.8. The Balaban J connectivity index is 2.37. The molecule has 1 amide bonds. The minimum Gasteiger partial charge on any atom is -0.324 e. The summed E-state index contributed by atoms with van der Waals surface area (Å²) in [5.74, 6) is -2.77. The van der Waals surface area contributed by atoms with E-state index in [1.165, 1.54) is 6.07 Å². The maximum atomic E-state index is 13.1. The molecular weight excluding hydrogens is 479 g/mol. The molecule has 0 fully saturated rings. The van der Waals surface area contributed by atoms with E-state index in [-0.39, 0.29) is 4.90 Å². The molecule has 1 unspecified atom stereocenters. The van der Waals surface area contributed by atoms with Crippen molar-refractivity contribution in [2.45, 2.75) is 23.6 Å². The average molecular weight is 494 g/mol. The number of phosphoric acid groups is 1. The molecule has 0 radical (unpaired) electrons. The normalized spacial score (nSPS) is 14.8. The fourth-order valence-electron chi connectivity index (χ4n) is 2.53. The van der Waals surface area contributed by atoms with Gasteiger partial charge in [-0.3, -0.25) is 13.5 Å². The minimum atomic E-state index is -5.33. The predicted octanol–water partition coefficient (Wildman–Crippen LogP) is 3.33. The molecule has 14 heteroatoms. The van der Waals surface area contributed by atoms with Crippen molar-refractivity contribution in [3.63, 3.8) is 0 Å². The molecule has 2 aromatic carbocycles. The molecular formula is C18H15F4N2O6PS. The van der Waals surface area contributed by atoms with Gasteiger partial charge in [0.2, 0.25) is 0 Å². The van der Waals surface area contributed by atoms with Crippen molar-refractivity contribution in [3.8, 4) is 6.07 Å². The van der Waals surface area contributed by atoms with Gasteiger partial charge in [0, 0.05) is 10.6 Å². The fourth-order valence-corrected chi connectivity index (χ4v) is 4.59. The van der Waals surface area contributed by atoms with E-state index < -0.39 is 64.7 Å². The zero-order chi connectivity index (χ0) is 24.3. The van der Waals surface area contributed by atoms with E-state index >= 15 is 0 Å². The Morgan fingerprint density at radius 2 is 1.81 bits per heavy atom. The van der Waals surface area contributed by atoms with Gasteiger partial charge in [0.05, 0.1) is 33.7 Å². The van der Waals surface area contributed by atoms with Crippen LogP contribution < -0.4 is 5.32 Å². The first-order valence-corrected chi connectivity index (χ1v) is 11.3. The van der Waals surface area contributed by atoms with Crippen molar-refractivity contribution in [2.24, 2.45) is 0 Å². The number of hydrogen-bond acceptors (Lipinski definition) is 5. The number of alkyl halides is 3. The van der Waals surface area contributed by atoms with Gasteiger partial charge in [-0.2, -0.15) is 18.4 Å². The number of halogens is 4. The molecule has 0 spiro atoms. The molecule has 3 N–H and O–H groups in total. The number of rotatable bonds is 7. The lowest BCUT2D eigenvalue weighted by Crippen LogP contribution is -2.46. The van der Waals surface area contributed by atoms with Gasteiger partial charge in [0.15, 0.2) is 5.60 Å². The molecule has 8 nitrogen and oxygen atoms in total. The van der Waals surface area contributed by atoms with Crippen molar-refractivity contribution >= 4 is 30.2 Å². The van der Waals surface area contributed by atoms with Crippen LogP contribution in [0.3, 0.4) is 0 Å². The van der Waals surface area contributed by atoms with E-state index in [9.17, 15) is 40.9 Å². The summed E-state index contributed by atoms with van der Waals surface area (Å²) in [7, 11) is -7.45. The van der Waals surface area contributed by atoms with Crippen LogP contribution in [0.4, 0.5) is 23.2 Å². The van der Waals surface area contributed by atoms with E-state index in [2.05, 4.69) is 4.52 Å². The van der Waals surface area contributed by atoms with Gasteiger partial charge in [0.25, 0.3) is 5.91 Å². The Bertz CT molecular complexity index is 1130. The number of anilines is 1. The maximum absolute atomic E-state index is 13.1. The number of carbonyl (C=O) groups excluding carboxylic acids is 1. The number of amides is 1. The second-order valence-electron chi connectivity index (χ2n) is 6.58. The SMILES string of the molecule is C[C@@](CS(=O)c1ccc(F)cc1)(OP(=O)(O)O)C(=O)Nc1ccc(C#N)c(C(F)(F)F)c1. The van der Waals surface area contributed by atoms with Crippen LogP contribution in [0.2, 0.25) is 0 Å². The second-order valence-corrected chi connectivity index (χ2v) is 9.20. The van der Waals surface area contributed by atoms with E-state index in [4.69, 9.17) is 5.26 Å². The number of nitrogens with zero attached hydrogens (tertiary/aromatic N) is 1. The van der Waals surface area contributed by atoms with Gasteiger partial charge in [-0.15, -0.1) is 0 Å². The molecule has 0 bridgehead atoms. The molecule has 172 valence electrons. The number of nitriles is 1. The van der Waals surface area contributed by atoms with Crippen molar-refractivity contribution < 1.29 is 45.4 Å². The van der Waals surface area contributed by atoms with E-state index in [0.717, 1.165) is 43.3 Å². The standard InChI is InChI=1S/C18H15F4N2O6PS/c1-17(30-31(26,27)28,10-32(29)14-6-3-12(19)4-7-14)16(25)24-13-5-2-11(9-23)15(8-13)18(20,21)22/h2-8H,10H2,1H3,(H,24,25)(H2,26,27,28)/t17-,32?/m0/s1. The second kappa shape index (κ2) is 9.48. The number of nitrogens with one attached hydrogen (secondary N) is 1. The number of hydrogen-bond donors (Lipinski definition) is 3. The summed E-state index contributed by atoms with van der Waals surface area (Å²) in [6, 6.07) is 7.80. The average Bonchev–Trinajstić information content (AvgIpc) is 2.66. The van der Waals surface area contributed by atoms with Crippen molar-refractivity contribution in [1.82, 2.24) is 0 Å². The quantitative estimate of drug-likeness (QED) is 0.397. The Hall–Kier alpha value is -2.62. The van der Waals surface area contributed by atoms with Crippen LogP contribution in [0.15, 0.2) is 47.4 Å². The third-order valence-electron chi connectivity index (χ3n) is 3.99. The van der Waals surface area contributed by atoms with Crippen LogP contribution in [0.25, 0.3) is 0 Å². The first-order valence-electron chi connectivity index (χ1n) is 8.48. The highest BCUT2D eigenvalue weighted by atomic mass is 32.2. The summed E-state index contributed by atoms with van der Waals surface area (Å²) in [5.41, 5.74) is -4.97. The van der Waals surface area contributed by atoms with Gasteiger partial charge in [-0.25, -0.2) is 8.96 Å². The van der Waals surface area contributed by atoms with Crippen LogP contribution in [0.1, 0.15) is 18.1 Å². The van der Waals surface area contributed by atoms with Gasteiger partial charge < -0.3 is 15.1 Å². The summed E-state index contributed by atoms with van der Waals surface area (Å²) < 4.78 is 81.0. The summed E-state index contributed by atoms with van der Waals surface area (Å²) >= 11 is 0. The minimum absolute atomic E-state index is 0.0115. The molecule has 32 heavy (non-hydrogen) atoms. The summed E-state index contributed by atoms with van der Waals surface area (Å²) in [4.78, 5) is 31.1. The molecule has 0 aliphatic heterocycles. The molecule has 0 aliphatic carbocycles. The molecule has 0 aromatic heterocycles. The Labute approximate surface area is 181 Å². The van der Waals surface area contributed by atoms with Crippen molar-refractivity contribution in [1.29, 1.82) is 5.26 Å². The van der Waals surface area contributed by atoms with Gasteiger partial charge in [-0.05, 0) is 49.4 Å². The lowest BCUT2D eigenvalue weighted by atomic mass is 10.1. The van der Waals surface area contributed by atoms with Crippen LogP contribution in [-0.2, 0) is 30.9 Å². The Morgan fingerprint density at radius 1 is 1.22 bits per heavy atom. The highest BCUT2D eigenvalue weighted by molar-refractivity contribution is 7.85. The van der Waals surface area contributed by atoms with Crippen LogP contribution in [-0.4, -0.2) is 31.3 Å². The lowest BCUT2D eigenvalue weighted by Gasteiger charge is -2.28. The Kier molecular flexibility index (Phi) is 7.59. The lowest BCUT2D eigenvalue weighted by molar-refractivity contribution is -0.137. The zero-order valence-electron chi connectivity index (χ0n) is 16.1. The topological polar surface area (TPSA) is 137 Å². The van der Waals surface area contributed by atoms with Crippen LogP contribution in [0.5, 0.6) is 0 Å². The van der Waals surface area contributed by atoms with E-state index in [1.54, 1.807) is 0 Å². The monoisotopic (exact) mass is 494 g/mol. The van der Waals surface area contributed by atoms with Gasteiger partial charge in [-0.1, -0.05) is 0 Å². The smallest absolute Gasteiger partial charge is 0.324 e. The molecule has 0 aliphatic rings. The molecule has 0 saturated carbocycles. The van der Waals surface area contributed by atoms with Gasteiger partial charge >= 0.3 is 14.0 Å². The first kappa shape index (κ1) is 25.6. The number of phosphoric ester groups is 1. The van der Waals surface area contributed by atoms with Crippen molar-refractivity contribution in [3.05, 3.63) is 59.4 Å². The summed E-state index contributed by atoms with van der Waals surface area (Å²) in [5, 5.41) is 10.9. The predicted molar refractivity (Wildman–Crippen MR) is 104 cm³/mol. The molecule has 2 aromatic rings. The van der Waals surface area contributed by atoms with E-state index in [1.807, 2.05) is 5.32 Å².